The molecule has 1 nitrogen and oxygen atoms in total. The summed E-state index contributed by atoms with van der Waals surface area (Å²) in [4.78, 5) is 0. The van der Waals surface area contributed by atoms with Crippen molar-refractivity contribution >= 4 is 0 Å². The van der Waals surface area contributed by atoms with Gasteiger partial charge in [0, 0.05) is 28.5 Å². The average molecular weight is 153 g/mol. The van der Waals surface area contributed by atoms with E-state index in [1.54, 1.807) is 13.8 Å². The molecule has 0 rings (SSSR count). The maximum Gasteiger partial charge on any atom is 0.0483 e. The Morgan fingerprint density at radius 1 is 1.40 bits per heavy atom. The van der Waals surface area contributed by atoms with Gasteiger partial charge in [-0.25, -0.2) is 0 Å². The van der Waals surface area contributed by atoms with Crippen LogP contribution in [0.25, 0.3) is 0 Å². The van der Waals surface area contributed by atoms with Crippen LogP contribution in [0.1, 0.15) is 13.8 Å². The molecule has 0 saturated heterocycles. The van der Waals surface area contributed by atoms with Crippen molar-refractivity contribution in [3.63, 3.8) is 0 Å². The zero-order valence-corrected chi connectivity index (χ0v) is 5.67. The molecule has 0 aliphatic rings. The Morgan fingerprint density at radius 2 is 1.40 bits per heavy atom. The first kappa shape index (κ1) is 9.20. The standard InChI is InChI=1S/C3H8O.Nb/c1-3(2)4;/h3-4H,1-2H3;. The van der Waals surface area contributed by atoms with Crippen LogP contribution in [0.4, 0.5) is 0 Å². The quantitative estimate of drug-likeness (QED) is 0.499. The van der Waals surface area contributed by atoms with Crippen molar-refractivity contribution in [1.29, 1.82) is 0 Å². The van der Waals surface area contributed by atoms with Crippen molar-refractivity contribution in [3.05, 3.63) is 0 Å². The Balaban J connectivity index is 0. The Kier molecular flexibility index (Phi) is 8.65. The number of hydrogen-bond donors (Lipinski definition) is 1. The summed E-state index contributed by atoms with van der Waals surface area (Å²) in [7, 11) is 0. The molecule has 5 heavy (non-hydrogen) atoms. The zero-order chi connectivity index (χ0) is 3.58. The summed E-state index contributed by atoms with van der Waals surface area (Å²) in [5.74, 6) is 0. The fourth-order valence-corrected chi connectivity index (χ4v) is 0. The van der Waals surface area contributed by atoms with Crippen LogP contribution in [0, 0.1) is 0 Å². The van der Waals surface area contributed by atoms with E-state index in [1.165, 1.54) is 0 Å². The first-order valence-electron chi connectivity index (χ1n) is 1.41. The number of aliphatic hydroxyl groups is 1. The summed E-state index contributed by atoms with van der Waals surface area (Å²) in [6, 6.07) is 0. The van der Waals surface area contributed by atoms with E-state index in [0.717, 1.165) is 0 Å². The van der Waals surface area contributed by atoms with Crippen molar-refractivity contribution in [2.24, 2.45) is 0 Å². The molecule has 0 heterocycles. The van der Waals surface area contributed by atoms with Crippen molar-refractivity contribution in [2.75, 3.05) is 0 Å². The first-order chi connectivity index (χ1) is 1.73. The Morgan fingerprint density at radius 3 is 1.40 bits per heavy atom. The second-order valence-corrected chi connectivity index (χ2v) is 1.09. The SMILES string of the molecule is CC(C)O.[Nb]. The van der Waals surface area contributed by atoms with Crippen molar-refractivity contribution in [3.8, 4) is 0 Å². The topological polar surface area (TPSA) is 20.2 Å². The normalized spacial score (nSPS) is 7.20. The second kappa shape index (κ2) is 4.70. The Labute approximate surface area is 47.9 Å². The average Bonchev–Trinajstić information content (AvgIpc) is 0.811. The summed E-state index contributed by atoms with van der Waals surface area (Å²) in [5, 5.41) is 8.06. The van der Waals surface area contributed by atoms with Gasteiger partial charge in [-0.2, -0.15) is 0 Å². The van der Waals surface area contributed by atoms with Crippen LogP contribution in [0.2, 0.25) is 0 Å². The molecule has 0 atom stereocenters. The van der Waals surface area contributed by atoms with E-state index >= 15 is 0 Å². The van der Waals surface area contributed by atoms with Crippen LogP contribution in [0.15, 0.2) is 0 Å². The van der Waals surface area contributed by atoms with E-state index in [1.807, 2.05) is 0 Å². The predicted octanol–water partition coefficient (Wildman–Crippen LogP) is 0.385. The minimum Gasteiger partial charge on any atom is -0.394 e. The summed E-state index contributed by atoms with van der Waals surface area (Å²) < 4.78 is 0. The largest absolute Gasteiger partial charge is 0.394 e. The molecular formula is C3H8NbO. The predicted molar refractivity (Wildman–Crippen MR) is 17.4 cm³/mol. The molecule has 0 fully saturated rings. The third-order valence-electron chi connectivity index (χ3n) is 0. The number of rotatable bonds is 0. The molecule has 0 unspecified atom stereocenters. The van der Waals surface area contributed by atoms with Gasteiger partial charge < -0.3 is 5.11 Å². The molecule has 0 saturated carbocycles. The van der Waals surface area contributed by atoms with Crippen LogP contribution in [0.5, 0.6) is 0 Å². The minimum absolute atomic E-state index is 0. The van der Waals surface area contributed by atoms with Gasteiger partial charge in [0.05, 0.1) is 0 Å². The van der Waals surface area contributed by atoms with Crippen molar-refractivity contribution in [1.82, 2.24) is 0 Å². The molecular weight excluding hydrogens is 145 g/mol. The van der Waals surface area contributed by atoms with Crippen molar-refractivity contribution in [2.45, 2.75) is 20.0 Å². The molecule has 0 aromatic heterocycles. The second-order valence-electron chi connectivity index (χ2n) is 1.09. The van der Waals surface area contributed by atoms with E-state index in [9.17, 15) is 0 Å². The smallest absolute Gasteiger partial charge is 0.0483 e. The fraction of sp³-hybridized carbons (Fsp3) is 1.00. The van der Waals surface area contributed by atoms with Gasteiger partial charge in [-0.15, -0.1) is 0 Å². The Bertz CT molecular complexity index is 11.6. The molecule has 0 spiro atoms. The molecule has 1 radical (unpaired) electrons. The van der Waals surface area contributed by atoms with E-state index in [0.29, 0.717) is 0 Å². The van der Waals surface area contributed by atoms with Crippen LogP contribution < -0.4 is 0 Å². The van der Waals surface area contributed by atoms with E-state index in [4.69, 9.17) is 5.11 Å². The van der Waals surface area contributed by atoms with Crippen molar-refractivity contribution < 1.29 is 27.5 Å². The third-order valence-corrected chi connectivity index (χ3v) is 0. The van der Waals surface area contributed by atoms with Gasteiger partial charge >= 0.3 is 0 Å². The maximum atomic E-state index is 8.06. The Hall–Kier alpha value is 0.700. The molecule has 0 aromatic rings. The molecule has 0 amide bonds. The molecule has 2 heteroatoms. The van der Waals surface area contributed by atoms with Gasteiger partial charge in [-0.05, 0) is 13.8 Å². The summed E-state index contributed by atoms with van der Waals surface area (Å²) >= 11 is 0. The summed E-state index contributed by atoms with van der Waals surface area (Å²) in [6.07, 6.45) is -0.167. The van der Waals surface area contributed by atoms with E-state index in [-0.39, 0.29) is 28.5 Å². The molecule has 1 N–H and O–H groups in total. The van der Waals surface area contributed by atoms with Gasteiger partial charge in [-0.1, -0.05) is 0 Å². The zero-order valence-electron chi connectivity index (χ0n) is 3.47. The van der Waals surface area contributed by atoms with Gasteiger partial charge in [-0.3, -0.25) is 0 Å². The van der Waals surface area contributed by atoms with Crippen LogP contribution >= 0.6 is 0 Å². The van der Waals surface area contributed by atoms with Crippen LogP contribution in [-0.4, -0.2) is 11.2 Å². The van der Waals surface area contributed by atoms with Gasteiger partial charge in [0.25, 0.3) is 0 Å². The summed E-state index contributed by atoms with van der Waals surface area (Å²) in [5.41, 5.74) is 0. The molecule has 0 aliphatic heterocycles. The molecule has 0 bridgehead atoms. The molecule has 0 aliphatic carbocycles. The van der Waals surface area contributed by atoms with Gasteiger partial charge in [0.15, 0.2) is 0 Å². The minimum atomic E-state index is -0.167. The monoisotopic (exact) mass is 153 g/mol. The van der Waals surface area contributed by atoms with Crippen LogP contribution in [-0.2, 0) is 22.4 Å². The molecule has 0 aromatic carbocycles. The summed E-state index contributed by atoms with van der Waals surface area (Å²) in [6.45, 7) is 3.44. The van der Waals surface area contributed by atoms with E-state index in [2.05, 4.69) is 0 Å². The fourth-order valence-electron chi connectivity index (χ4n) is 0. The van der Waals surface area contributed by atoms with E-state index < -0.39 is 0 Å². The van der Waals surface area contributed by atoms with Crippen LogP contribution in [0.3, 0.4) is 0 Å². The molecule has 31 valence electrons. The van der Waals surface area contributed by atoms with Gasteiger partial charge in [0.2, 0.25) is 0 Å². The third kappa shape index (κ3) is 69.9. The number of hydrogen-bond acceptors (Lipinski definition) is 1. The number of aliphatic hydroxyl groups excluding tert-OH is 1. The van der Waals surface area contributed by atoms with Gasteiger partial charge in [0.1, 0.15) is 0 Å². The maximum absolute atomic E-state index is 8.06. The first-order valence-corrected chi connectivity index (χ1v) is 1.41.